The number of hydrogen-bond acceptors (Lipinski definition) is 4. The van der Waals surface area contributed by atoms with Crippen LogP contribution in [-0.2, 0) is 0 Å². The van der Waals surface area contributed by atoms with E-state index in [4.69, 9.17) is 19.4 Å². The maximum atomic E-state index is 6.80. The minimum atomic E-state index is 0.572. The van der Waals surface area contributed by atoms with Crippen molar-refractivity contribution in [1.29, 1.82) is 0 Å². The molecule has 11 aromatic rings. The predicted molar refractivity (Wildman–Crippen MR) is 211 cm³/mol. The summed E-state index contributed by atoms with van der Waals surface area (Å²) in [7, 11) is 0. The summed E-state index contributed by atoms with van der Waals surface area (Å²) in [6, 6.07) is 57.5. The lowest BCUT2D eigenvalue weighted by Gasteiger charge is -2.10. The second-order valence-corrected chi connectivity index (χ2v) is 13.2. The van der Waals surface area contributed by atoms with Gasteiger partial charge in [-0.05, 0) is 90.3 Å². The monoisotopic (exact) mass is 649 g/mol. The number of aromatic nitrogens is 3. The Morgan fingerprint density at radius 1 is 0.314 bits per heavy atom. The van der Waals surface area contributed by atoms with Gasteiger partial charge in [0.2, 0.25) is 0 Å². The summed E-state index contributed by atoms with van der Waals surface area (Å²) in [5, 5.41) is 14.2. The van der Waals surface area contributed by atoms with Crippen LogP contribution in [0, 0.1) is 0 Å². The zero-order valence-electron chi connectivity index (χ0n) is 27.3. The van der Waals surface area contributed by atoms with Crippen LogP contribution in [0.15, 0.2) is 168 Å². The first kappa shape index (κ1) is 28.0. The molecule has 9 aromatic carbocycles. The minimum absolute atomic E-state index is 0.572. The summed E-state index contributed by atoms with van der Waals surface area (Å²) >= 11 is 0. The van der Waals surface area contributed by atoms with Crippen LogP contribution in [0.5, 0.6) is 0 Å². The van der Waals surface area contributed by atoms with Crippen molar-refractivity contribution in [2.24, 2.45) is 0 Å². The Kier molecular flexibility index (Phi) is 5.92. The Bertz CT molecular complexity index is 3200. The van der Waals surface area contributed by atoms with E-state index in [-0.39, 0.29) is 0 Å². The van der Waals surface area contributed by atoms with E-state index >= 15 is 0 Å². The van der Waals surface area contributed by atoms with Crippen molar-refractivity contribution >= 4 is 75.8 Å². The average Bonchev–Trinajstić information content (AvgIpc) is 3.57. The molecular formula is C47H27N3O. The van der Waals surface area contributed by atoms with Gasteiger partial charge < -0.3 is 4.42 Å². The Labute approximate surface area is 292 Å². The standard InChI is InChI=1S/C47H27N3O/c1-2-11-28(12-3-1)45-48-46(32-22-21-31-23-29-13-4-5-14-30(29)24-33(31)25-32)50-47(49-45)39-20-10-19-38-42-26-40-36-17-8-6-15-34(36)35-16-7-9-18-37(35)41(40)27-43(42)51-44(38)39/h1-27H. The quantitative estimate of drug-likeness (QED) is 0.141. The van der Waals surface area contributed by atoms with Crippen molar-refractivity contribution in [3.8, 4) is 34.2 Å². The van der Waals surface area contributed by atoms with Gasteiger partial charge in [0, 0.05) is 21.9 Å². The van der Waals surface area contributed by atoms with Crippen molar-refractivity contribution in [2.75, 3.05) is 0 Å². The second-order valence-electron chi connectivity index (χ2n) is 13.2. The van der Waals surface area contributed by atoms with Gasteiger partial charge in [-0.3, -0.25) is 0 Å². The summed E-state index contributed by atoms with van der Waals surface area (Å²) in [4.78, 5) is 15.3. The third-order valence-electron chi connectivity index (χ3n) is 10.2. The Hall–Kier alpha value is -6.91. The van der Waals surface area contributed by atoms with E-state index in [1.807, 2.05) is 30.3 Å². The van der Waals surface area contributed by atoms with Crippen molar-refractivity contribution in [2.45, 2.75) is 0 Å². The van der Waals surface area contributed by atoms with Gasteiger partial charge in [-0.1, -0.05) is 127 Å². The minimum Gasteiger partial charge on any atom is -0.455 e. The van der Waals surface area contributed by atoms with Gasteiger partial charge in [-0.2, -0.15) is 0 Å². The zero-order valence-corrected chi connectivity index (χ0v) is 27.3. The molecule has 0 N–H and O–H groups in total. The van der Waals surface area contributed by atoms with Crippen molar-refractivity contribution in [3.63, 3.8) is 0 Å². The van der Waals surface area contributed by atoms with Gasteiger partial charge in [0.25, 0.3) is 0 Å². The lowest BCUT2D eigenvalue weighted by molar-refractivity contribution is 0.670. The first-order valence-corrected chi connectivity index (χ1v) is 17.2. The number of hydrogen-bond donors (Lipinski definition) is 0. The van der Waals surface area contributed by atoms with E-state index < -0.39 is 0 Å². The third kappa shape index (κ3) is 4.37. The van der Waals surface area contributed by atoms with Crippen LogP contribution in [0.4, 0.5) is 0 Å². The molecule has 4 nitrogen and oxygen atoms in total. The second kappa shape index (κ2) is 10.8. The van der Waals surface area contributed by atoms with Crippen LogP contribution >= 0.6 is 0 Å². The highest BCUT2D eigenvalue weighted by Crippen LogP contribution is 2.42. The van der Waals surface area contributed by atoms with Crippen LogP contribution in [-0.4, -0.2) is 15.0 Å². The van der Waals surface area contributed by atoms with Gasteiger partial charge in [-0.15, -0.1) is 0 Å². The molecule has 236 valence electrons. The molecule has 2 aromatic heterocycles. The van der Waals surface area contributed by atoms with Crippen LogP contribution in [0.1, 0.15) is 0 Å². The van der Waals surface area contributed by atoms with Crippen molar-refractivity contribution in [1.82, 2.24) is 15.0 Å². The normalized spacial score (nSPS) is 11.9. The summed E-state index contributed by atoms with van der Waals surface area (Å²) in [6.07, 6.45) is 0. The van der Waals surface area contributed by atoms with Gasteiger partial charge in [0.05, 0.1) is 5.56 Å². The molecule has 4 heteroatoms. The largest absolute Gasteiger partial charge is 0.455 e. The molecule has 0 saturated heterocycles. The molecule has 0 spiro atoms. The van der Waals surface area contributed by atoms with E-state index in [1.54, 1.807) is 0 Å². The molecule has 0 aliphatic carbocycles. The third-order valence-corrected chi connectivity index (χ3v) is 10.2. The summed E-state index contributed by atoms with van der Waals surface area (Å²) < 4.78 is 6.80. The highest BCUT2D eigenvalue weighted by Gasteiger charge is 2.19. The first-order valence-electron chi connectivity index (χ1n) is 17.2. The molecule has 51 heavy (non-hydrogen) atoms. The maximum absolute atomic E-state index is 6.80. The van der Waals surface area contributed by atoms with Gasteiger partial charge in [0.15, 0.2) is 17.5 Å². The Morgan fingerprint density at radius 2 is 0.863 bits per heavy atom. The summed E-state index contributed by atoms with van der Waals surface area (Å²) in [6.45, 7) is 0. The van der Waals surface area contributed by atoms with E-state index in [1.165, 1.54) is 48.5 Å². The number of benzene rings is 9. The van der Waals surface area contributed by atoms with E-state index in [0.717, 1.165) is 44.0 Å². The number of para-hydroxylation sites is 1. The fourth-order valence-corrected chi connectivity index (χ4v) is 7.79. The van der Waals surface area contributed by atoms with Crippen LogP contribution in [0.2, 0.25) is 0 Å². The highest BCUT2D eigenvalue weighted by molar-refractivity contribution is 6.28. The molecule has 11 rings (SSSR count). The molecular weight excluding hydrogens is 623 g/mol. The lowest BCUT2D eigenvalue weighted by atomic mass is 9.93. The SMILES string of the molecule is c1ccc(-c2nc(-c3ccc4cc5ccccc5cc4c3)nc(-c3cccc4c3oc3cc5c6ccccc6c6ccccc6c5cc34)n2)cc1. The fourth-order valence-electron chi connectivity index (χ4n) is 7.79. The van der Waals surface area contributed by atoms with Gasteiger partial charge in [-0.25, -0.2) is 15.0 Å². The Balaban J connectivity index is 1.15. The van der Waals surface area contributed by atoms with Crippen LogP contribution in [0.3, 0.4) is 0 Å². The summed E-state index contributed by atoms with van der Waals surface area (Å²) in [5.41, 5.74) is 4.29. The van der Waals surface area contributed by atoms with Crippen molar-refractivity contribution < 1.29 is 4.42 Å². The molecule has 0 saturated carbocycles. The molecule has 0 radical (unpaired) electrons. The lowest BCUT2D eigenvalue weighted by Crippen LogP contribution is -2.00. The number of furan rings is 1. The number of rotatable bonds is 3. The van der Waals surface area contributed by atoms with Crippen LogP contribution < -0.4 is 0 Å². The summed E-state index contributed by atoms with van der Waals surface area (Å²) in [5.74, 6) is 1.80. The molecule has 0 aliphatic heterocycles. The topological polar surface area (TPSA) is 51.8 Å². The Morgan fingerprint density at radius 3 is 1.59 bits per heavy atom. The van der Waals surface area contributed by atoms with Crippen LogP contribution in [0.25, 0.3) is 110 Å². The van der Waals surface area contributed by atoms with E-state index in [2.05, 4.69) is 133 Å². The predicted octanol–water partition coefficient (Wildman–Crippen LogP) is 12.5. The molecule has 0 fully saturated rings. The molecule has 0 unspecified atom stereocenters. The molecule has 2 heterocycles. The smallest absolute Gasteiger partial charge is 0.167 e. The van der Waals surface area contributed by atoms with Crippen molar-refractivity contribution in [3.05, 3.63) is 164 Å². The molecule has 0 aliphatic rings. The number of nitrogens with zero attached hydrogens (tertiary/aromatic N) is 3. The molecule has 0 atom stereocenters. The zero-order chi connectivity index (χ0) is 33.5. The molecule has 0 bridgehead atoms. The molecule has 0 amide bonds. The average molecular weight is 650 g/mol. The number of fused-ring (bicyclic) bond motifs is 11. The fraction of sp³-hybridized carbons (Fsp3) is 0. The van der Waals surface area contributed by atoms with Gasteiger partial charge >= 0.3 is 0 Å². The van der Waals surface area contributed by atoms with E-state index in [9.17, 15) is 0 Å². The maximum Gasteiger partial charge on any atom is 0.167 e. The van der Waals surface area contributed by atoms with Gasteiger partial charge in [0.1, 0.15) is 11.2 Å². The van der Waals surface area contributed by atoms with E-state index in [0.29, 0.717) is 17.5 Å². The first-order chi connectivity index (χ1) is 25.2. The highest BCUT2D eigenvalue weighted by atomic mass is 16.3.